The van der Waals surface area contributed by atoms with Crippen molar-refractivity contribution in [3.8, 4) is 0 Å². The van der Waals surface area contributed by atoms with E-state index in [9.17, 15) is 4.79 Å². The molecule has 2 rings (SSSR count). The molecule has 0 saturated carbocycles. The van der Waals surface area contributed by atoms with Crippen LogP contribution in [-0.2, 0) is 4.74 Å². The molecule has 0 aromatic heterocycles. The van der Waals surface area contributed by atoms with E-state index in [1.165, 1.54) is 0 Å². The van der Waals surface area contributed by atoms with Crippen LogP contribution in [0.25, 0.3) is 0 Å². The van der Waals surface area contributed by atoms with Crippen LogP contribution in [0.4, 0.5) is 4.79 Å². The zero-order valence-electron chi connectivity index (χ0n) is 10.6. The van der Waals surface area contributed by atoms with Crippen molar-refractivity contribution in [3.05, 3.63) is 47.0 Å². The van der Waals surface area contributed by atoms with Crippen LogP contribution in [0.5, 0.6) is 0 Å². The van der Waals surface area contributed by atoms with Crippen molar-refractivity contribution in [2.45, 2.75) is 6.10 Å². The molecule has 1 heterocycles. The van der Waals surface area contributed by atoms with Gasteiger partial charge in [0.2, 0.25) is 0 Å². The van der Waals surface area contributed by atoms with Gasteiger partial charge in [-0.3, -0.25) is 0 Å². The first kappa shape index (κ1) is 14.1. The molecule has 1 aliphatic rings. The molecule has 5 heteroatoms. The number of urea groups is 1. The Morgan fingerprint density at radius 2 is 2.37 bits per heavy atom. The Bertz CT molecular complexity index is 465. The number of amides is 2. The number of ether oxygens (including phenoxy) is 1. The van der Waals surface area contributed by atoms with Crippen molar-refractivity contribution in [2.24, 2.45) is 0 Å². The summed E-state index contributed by atoms with van der Waals surface area (Å²) in [7, 11) is 0. The molecule has 1 saturated heterocycles. The van der Waals surface area contributed by atoms with Crippen LogP contribution in [0, 0.1) is 0 Å². The van der Waals surface area contributed by atoms with Crippen LogP contribution in [0.1, 0.15) is 11.7 Å². The molecule has 1 aromatic rings. The molecule has 1 aliphatic heterocycles. The second-order valence-electron chi connectivity index (χ2n) is 4.30. The third-order valence-corrected chi connectivity index (χ3v) is 3.73. The molecule has 0 bridgehead atoms. The van der Waals surface area contributed by atoms with Gasteiger partial charge in [-0.05, 0) is 11.6 Å². The number of rotatable bonds is 3. The van der Waals surface area contributed by atoms with E-state index in [1.54, 1.807) is 11.0 Å². The Morgan fingerprint density at radius 3 is 3.11 bits per heavy atom. The number of benzene rings is 1. The van der Waals surface area contributed by atoms with Crippen molar-refractivity contribution in [1.29, 1.82) is 0 Å². The van der Waals surface area contributed by atoms with E-state index in [4.69, 9.17) is 4.74 Å². The van der Waals surface area contributed by atoms with Crippen molar-refractivity contribution in [2.75, 3.05) is 26.2 Å². The molecule has 1 N–H and O–H groups in total. The number of carbonyl (C=O) groups is 1. The molecule has 1 atom stereocenters. The van der Waals surface area contributed by atoms with Gasteiger partial charge in [0, 0.05) is 17.6 Å². The Morgan fingerprint density at radius 1 is 1.58 bits per heavy atom. The molecular weight excluding hydrogens is 308 g/mol. The van der Waals surface area contributed by atoms with Gasteiger partial charge in [-0.1, -0.05) is 40.2 Å². The van der Waals surface area contributed by atoms with Crippen LogP contribution in [0.3, 0.4) is 0 Å². The van der Waals surface area contributed by atoms with Crippen molar-refractivity contribution in [3.63, 3.8) is 0 Å². The Kier molecular flexibility index (Phi) is 4.99. The molecule has 0 spiro atoms. The lowest BCUT2D eigenvalue weighted by Gasteiger charge is -2.33. The highest BCUT2D eigenvalue weighted by Gasteiger charge is 2.26. The number of hydrogen-bond acceptors (Lipinski definition) is 2. The maximum atomic E-state index is 11.9. The molecule has 0 aliphatic carbocycles. The van der Waals surface area contributed by atoms with E-state index in [1.807, 2.05) is 24.3 Å². The normalized spacial score (nSPS) is 19.0. The maximum absolute atomic E-state index is 11.9. The van der Waals surface area contributed by atoms with Crippen LogP contribution in [0.15, 0.2) is 41.4 Å². The van der Waals surface area contributed by atoms with Gasteiger partial charge in [-0.2, -0.15) is 0 Å². The lowest BCUT2D eigenvalue weighted by molar-refractivity contribution is -0.0156. The second-order valence-corrected chi connectivity index (χ2v) is 5.16. The maximum Gasteiger partial charge on any atom is 0.317 e. The van der Waals surface area contributed by atoms with Gasteiger partial charge in [0.25, 0.3) is 0 Å². The van der Waals surface area contributed by atoms with Gasteiger partial charge in [0.15, 0.2) is 0 Å². The molecule has 19 heavy (non-hydrogen) atoms. The van der Waals surface area contributed by atoms with Crippen LogP contribution in [-0.4, -0.2) is 37.2 Å². The molecule has 4 nitrogen and oxygen atoms in total. The fraction of sp³-hybridized carbons (Fsp3) is 0.357. The Hall–Kier alpha value is -1.33. The first-order valence-corrected chi connectivity index (χ1v) is 7.01. The predicted octanol–water partition coefficient (Wildman–Crippen LogP) is 2.72. The lowest BCUT2D eigenvalue weighted by atomic mass is 10.1. The number of morpholine rings is 1. The Balaban J connectivity index is 2.03. The highest BCUT2D eigenvalue weighted by atomic mass is 79.9. The summed E-state index contributed by atoms with van der Waals surface area (Å²) in [5.41, 5.74) is 1.07. The summed E-state index contributed by atoms with van der Waals surface area (Å²) in [6, 6.07) is 7.86. The van der Waals surface area contributed by atoms with Gasteiger partial charge in [0.1, 0.15) is 6.10 Å². The van der Waals surface area contributed by atoms with E-state index in [2.05, 4.69) is 27.8 Å². The summed E-state index contributed by atoms with van der Waals surface area (Å²) in [5, 5.41) is 2.79. The average Bonchev–Trinajstić information content (AvgIpc) is 2.45. The van der Waals surface area contributed by atoms with E-state index in [0.717, 1.165) is 10.0 Å². The van der Waals surface area contributed by atoms with Gasteiger partial charge >= 0.3 is 6.03 Å². The summed E-state index contributed by atoms with van der Waals surface area (Å²) in [6.07, 6.45) is 1.59. The van der Waals surface area contributed by atoms with Gasteiger partial charge in [-0.25, -0.2) is 4.79 Å². The summed E-state index contributed by atoms with van der Waals surface area (Å²) in [4.78, 5) is 13.7. The molecule has 102 valence electrons. The third kappa shape index (κ3) is 3.58. The standard InChI is InChI=1S/C14H17BrN2O2/c1-2-7-16-14(18)17-8-9-19-13(10-17)11-5-3-4-6-12(11)15/h2-6,13H,1,7-10H2,(H,16,18)/t13-/m0/s1. The topological polar surface area (TPSA) is 41.6 Å². The first-order valence-electron chi connectivity index (χ1n) is 6.22. The number of halogens is 1. The summed E-state index contributed by atoms with van der Waals surface area (Å²) >= 11 is 3.52. The first-order chi connectivity index (χ1) is 9.22. The fourth-order valence-corrected chi connectivity index (χ4v) is 2.57. The number of nitrogens with zero attached hydrogens (tertiary/aromatic N) is 1. The van der Waals surface area contributed by atoms with E-state index < -0.39 is 0 Å². The van der Waals surface area contributed by atoms with E-state index in [-0.39, 0.29) is 12.1 Å². The molecule has 1 aromatic carbocycles. The predicted molar refractivity (Wildman–Crippen MR) is 78.0 cm³/mol. The molecule has 0 radical (unpaired) electrons. The highest BCUT2D eigenvalue weighted by molar-refractivity contribution is 9.10. The van der Waals surface area contributed by atoms with E-state index >= 15 is 0 Å². The second kappa shape index (κ2) is 6.73. The zero-order valence-corrected chi connectivity index (χ0v) is 12.2. The minimum absolute atomic E-state index is 0.0692. The molecular formula is C14H17BrN2O2. The van der Waals surface area contributed by atoms with Gasteiger partial charge in [0.05, 0.1) is 13.2 Å². The van der Waals surface area contributed by atoms with Crippen molar-refractivity contribution >= 4 is 22.0 Å². The van der Waals surface area contributed by atoms with Crippen LogP contribution in [0.2, 0.25) is 0 Å². The molecule has 2 amide bonds. The van der Waals surface area contributed by atoms with Crippen LogP contribution >= 0.6 is 15.9 Å². The smallest absolute Gasteiger partial charge is 0.317 e. The highest BCUT2D eigenvalue weighted by Crippen LogP contribution is 2.28. The summed E-state index contributed by atoms with van der Waals surface area (Å²) in [6.45, 7) is 5.80. The summed E-state index contributed by atoms with van der Waals surface area (Å²) in [5.74, 6) is 0. The third-order valence-electron chi connectivity index (χ3n) is 3.00. The van der Waals surface area contributed by atoms with Gasteiger partial charge in [-0.15, -0.1) is 6.58 Å². The zero-order chi connectivity index (χ0) is 13.7. The summed E-state index contributed by atoms with van der Waals surface area (Å²) < 4.78 is 6.77. The number of nitrogens with one attached hydrogen (secondary N) is 1. The minimum atomic E-state index is -0.0844. The van der Waals surface area contributed by atoms with E-state index in [0.29, 0.717) is 26.2 Å². The largest absolute Gasteiger partial charge is 0.370 e. The van der Waals surface area contributed by atoms with Crippen LogP contribution < -0.4 is 5.32 Å². The monoisotopic (exact) mass is 324 g/mol. The van der Waals surface area contributed by atoms with Crippen molar-refractivity contribution < 1.29 is 9.53 Å². The number of carbonyl (C=O) groups excluding carboxylic acids is 1. The number of hydrogen-bond donors (Lipinski definition) is 1. The average molecular weight is 325 g/mol. The van der Waals surface area contributed by atoms with Gasteiger partial charge < -0.3 is 15.0 Å². The Labute approximate surface area is 121 Å². The minimum Gasteiger partial charge on any atom is -0.370 e. The quantitative estimate of drug-likeness (QED) is 0.868. The SMILES string of the molecule is C=CCNC(=O)N1CCO[C@H](c2ccccc2Br)C1. The molecule has 0 unspecified atom stereocenters. The fourth-order valence-electron chi connectivity index (χ4n) is 2.03. The lowest BCUT2D eigenvalue weighted by Crippen LogP contribution is -2.47. The van der Waals surface area contributed by atoms with Crippen molar-refractivity contribution in [1.82, 2.24) is 10.2 Å². The molecule has 1 fully saturated rings.